The summed E-state index contributed by atoms with van der Waals surface area (Å²) in [7, 11) is 0. The summed E-state index contributed by atoms with van der Waals surface area (Å²) in [5.41, 5.74) is 0.958. The van der Waals surface area contributed by atoms with Crippen LogP contribution in [0.4, 0.5) is 4.39 Å². The second-order valence-corrected chi connectivity index (χ2v) is 3.53. The van der Waals surface area contributed by atoms with E-state index in [4.69, 9.17) is 14.6 Å². The second kappa shape index (κ2) is 4.70. The Morgan fingerprint density at radius 3 is 2.67 bits per heavy atom. The van der Waals surface area contributed by atoms with Gasteiger partial charge >= 0.3 is 0 Å². The molecule has 0 bridgehead atoms. The van der Waals surface area contributed by atoms with Gasteiger partial charge in [-0.2, -0.15) is 0 Å². The third-order valence-electron chi connectivity index (χ3n) is 2.33. The average Bonchev–Trinajstić information content (AvgIpc) is 2.69. The number of aliphatic hydroxyl groups is 1. The molecule has 0 radical (unpaired) electrons. The highest BCUT2D eigenvalue weighted by atomic mass is 19.1. The van der Waals surface area contributed by atoms with Crippen LogP contribution < -0.4 is 0 Å². The molecule has 1 aromatic rings. The fourth-order valence-electron chi connectivity index (χ4n) is 1.52. The lowest BCUT2D eigenvalue weighted by atomic mass is 10.1. The molecule has 1 aliphatic rings. The lowest BCUT2D eigenvalue weighted by molar-refractivity contribution is -0.0632. The number of hydrogen-bond donors (Lipinski definition) is 1. The molecule has 4 heteroatoms. The van der Waals surface area contributed by atoms with Gasteiger partial charge in [-0.05, 0) is 17.7 Å². The molecular weight excluding hydrogens is 199 g/mol. The van der Waals surface area contributed by atoms with Crippen LogP contribution in [0.1, 0.15) is 5.56 Å². The summed E-state index contributed by atoms with van der Waals surface area (Å²) >= 11 is 0. The molecular formula is C11H13FO3. The van der Waals surface area contributed by atoms with Crippen molar-refractivity contribution in [1.82, 2.24) is 0 Å². The van der Waals surface area contributed by atoms with Crippen LogP contribution in [0, 0.1) is 5.82 Å². The van der Waals surface area contributed by atoms with Gasteiger partial charge in [0.2, 0.25) is 0 Å². The van der Waals surface area contributed by atoms with E-state index in [9.17, 15) is 4.39 Å². The van der Waals surface area contributed by atoms with Crippen LogP contribution >= 0.6 is 0 Å². The fraction of sp³-hybridized carbons (Fsp3) is 0.455. The molecule has 1 aliphatic heterocycles. The van der Waals surface area contributed by atoms with Crippen molar-refractivity contribution >= 4 is 0 Å². The molecule has 1 aromatic carbocycles. The number of ether oxygens (including phenoxy) is 2. The summed E-state index contributed by atoms with van der Waals surface area (Å²) in [5, 5.41) is 8.83. The quantitative estimate of drug-likeness (QED) is 0.815. The van der Waals surface area contributed by atoms with Crippen LogP contribution in [0.15, 0.2) is 24.3 Å². The minimum atomic E-state index is -0.326. The summed E-state index contributed by atoms with van der Waals surface area (Å²) < 4.78 is 23.3. The summed E-state index contributed by atoms with van der Waals surface area (Å²) in [6.07, 6.45) is 0.0274. The van der Waals surface area contributed by atoms with Crippen molar-refractivity contribution in [1.29, 1.82) is 0 Å². The van der Waals surface area contributed by atoms with E-state index >= 15 is 0 Å². The molecule has 0 saturated carbocycles. The monoisotopic (exact) mass is 212 g/mol. The standard InChI is InChI=1S/C11H13FO3/c12-9-3-1-8(2-4-9)5-11-14-7-10(6-13)15-11/h1-4,10-11,13H,5-7H2. The van der Waals surface area contributed by atoms with Crippen molar-refractivity contribution < 1.29 is 19.0 Å². The minimum Gasteiger partial charge on any atom is -0.394 e. The number of rotatable bonds is 3. The molecule has 0 aromatic heterocycles. The number of benzene rings is 1. The van der Waals surface area contributed by atoms with Crippen LogP contribution in [-0.2, 0) is 15.9 Å². The van der Waals surface area contributed by atoms with E-state index in [0.717, 1.165) is 5.56 Å². The van der Waals surface area contributed by atoms with Crippen LogP contribution in [0.25, 0.3) is 0 Å². The predicted octanol–water partition coefficient (Wildman–Crippen LogP) is 1.10. The van der Waals surface area contributed by atoms with Gasteiger partial charge < -0.3 is 14.6 Å². The maximum Gasteiger partial charge on any atom is 0.162 e. The Balaban J connectivity index is 1.90. The van der Waals surface area contributed by atoms with Crippen molar-refractivity contribution in [3.63, 3.8) is 0 Å². The SMILES string of the molecule is OCC1COC(Cc2ccc(F)cc2)O1. The second-order valence-electron chi connectivity index (χ2n) is 3.53. The lowest BCUT2D eigenvalue weighted by Crippen LogP contribution is -2.17. The van der Waals surface area contributed by atoms with E-state index < -0.39 is 0 Å². The summed E-state index contributed by atoms with van der Waals surface area (Å²) in [6, 6.07) is 6.23. The maximum absolute atomic E-state index is 12.6. The zero-order valence-electron chi connectivity index (χ0n) is 8.23. The first-order valence-electron chi connectivity index (χ1n) is 4.90. The Morgan fingerprint density at radius 1 is 1.33 bits per heavy atom. The van der Waals surface area contributed by atoms with Crippen LogP contribution in [0.3, 0.4) is 0 Å². The van der Waals surface area contributed by atoms with Crippen LogP contribution in [-0.4, -0.2) is 30.7 Å². The van der Waals surface area contributed by atoms with Crippen molar-refractivity contribution in [3.05, 3.63) is 35.6 Å². The van der Waals surface area contributed by atoms with E-state index in [-0.39, 0.29) is 24.8 Å². The molecule has 2 unspecified atom stereocenters. The molecule has 0 aliphatic carbocycles. The molecule has 1 saturated heterocycles. The Morgan fingerprint density at radius 2 is 2.07 bits per heavy atom. The van der Waals surface area contributed by atoms with E-state index in [2.05, 4.69) is 0 Å². The first-order valence-corrected chi connectivity index (χ1v) is 4.90. The highest BCUT2D eigenvalue weighted by Gasteiger charge is 2.25. The van der Waals surface area contributed by atoms with E-state index in [1.807, 2.05) is 0 Å². The fourth-order valence-corrected chi connectivity index (χ4v) is 1.52. The lowest BCUT2D eigenvalue weighted by Gasteiger charge is -2.09. The van der Waals surface area contributed by atoms with Gasteiger partial charge in [0.25, 0.3) is 0 Å². The van der Waals surface area contributed by atoms with Gasteiger partial charge in [0.05, 0.1) is 13.2 Å². The molecule has 2 rings (SSSR count). The predicted molar refractivity (Wildman–Crippen MR) is 51.8 cm³/mol. The highest BCUT2D eigenvalue weighted by molar-refractivity contribution is 5.16. The molecule has 15 heavy (non-hydrogen) atoms. The first kappa shape index (κ1) is 10.5. The maximum atomic E-state index is 12.6. The zero-order chi connectivity index (χ0) is 10.7. The molecule has 2 atom stereocenters. The van der Waals surface area contributed by atoms with Gasteiger partial charge in [0.1, 0.15) is 11.9 Å². The van der Waals surface area contributed by atoms with Gasteiger partial charge in [-0.3, -0.25) is 0 Å². The summed E-state index contributed by atoms with van der Waals surface area (Å²) in [5.74, 6) is -0.250. The third-order valence-corrected chi connectivity index (χ3v) is 2.33. The van der Waals surface area contributed by atoms with E-state index in [1.165, 1.54) is 12.1 Å². The molecule has 1 fully saturated rings. The van der Waals surface area contributed by atoms with Crippen molar-refractivity contribution in [3.8, 4) is 0 Å². The Hall–Kier alpha value is -0.970. The highest BCUT2D eigenvalue weighted by Crippen LogP contribution is 2.16. The van der Waals surface area contributed by atoms with Gasteiger partial charge in [-0.25, -0.2) is 4.39 Å². The van der Waals surface area contributed by atoms with Gasteiger partial charge in [0.15, 0.2) is 6.29 Å². The normalized spacial score (nSPS) is 25.7. The number of halogens is 1. The van der Waals surface area contributed by atoms with Gasteiger partial charge in [0, 0.05) is 6.42 Å². The molecule has 3 nitrogen and oxygen atoms in total. The van der Waals surface area contributed by atoms with Crippen molar-refractivity contribution in [2.75, 3.05) is 13.2 Å². The first-order chi connectivity index (χ1) is 7.28. The minimum absolute atomic E-state index is 0.0279. The van der Waals surface area contributed by atoms with Gasteiger partial charge in [-0.1, -0.05) is 12.1 Å². The van der Waals surface area contributed by atoms with Crippen molar-refractivity contribution in [2.24, 2.45) is 0 Å². The smallest absolute Gasteiger partial charge is 0.162 e. The topological polar surface area (TPSA) is 38.7 Å². The Kier molecular flexibility index (Phi) is 3.30. The Labute approximate surface area is 87.4 Å². The molecule has 1 N–H and O–H groups in total. The third kappa shape index (κ3) is 2.75. The summed E-state index contributed by atoms with van der Waals surface area (Å²) in [4.78, 5) is 0. The van der Waals surface area contributed by atoms with Crippen LogP contribution in [0.2, 0.25) is 0 Å². The molecule has 0 spiro atoms. The Bertz CT molecular complexity index is 312. The van der Waals surface area contributed by atoms with Gasteiger partial charge in [-0.15, -0.1) is 0 Å². The molecule has 1 heterocycles. The summed E-state index contributed by atoms with van der Waals surface area (Å²) in [6.45, 7) is 0.391. The molecule has 82 valence electrons. The average molecular weight is 212 g/mol. The zero-order valence-corrected chi connectivity index (χ0v) is 8.23. The van der Waals surface area contributed by atoms with Crippen LogP contribution in [0.5, 0.6) is 0 Å². The van der Waals surface area contributed by atoms with E-state index in [0.29, 0.717) is 13.0 Å². The molecule has 0 amide bonds. The van der Waals surface area contributed by atoms with E-state index in [1.54, 1.807) is 12.1 Å². The number of aliphatic hydroxyl groups excluding tert-OH is 1. The number of hydrogen-bond acceptors (Lipinski definition) is 3. The van der Waals surface area contributed by atoms with Crippen molar-refractivity contribution in [2.45, 2.75) is 18.8 Å². The largest absolute Gasteiger partial charge is 0.394 e.